The zero-order valence-corrected chi connectivity index (χ0v) is 20.7. The number of carbonyl (C=O) groups excluding carboxylic acids is 1. The maximum absolute atomic E-state index is 13.5. The molecule has 2 aromatic carbocycles. The molecule has 2 atom stereocenters. The number of aldehydes is 1. The number of allylic oxidation sites excluding steroid dienone is 2. The van der Waals surface area contributed by atoms with Crippen LogP contribution in [0.15, 0.2) is 65.2 Å². The second-order valence-corrected chi connectivity index (χ2v) is 9.48. The van der Waals surface area contributed by atoms with Crippen molar-refractivity contribution in [1.29, 1.82) is 0 Å². The van der Waals surface area contributed by atoms with Crippen LogP contribution in [0.25, 0.3) is 16.5 Å². The zero-order chi connectivity index (χ0) is 25.1. The summed E-state index contributed by atoms with van der Waals surface area (Å²) in [5.41, 5.74) is 4.21. The van der Waals surface area contributed by atoms with E-state index >= 15 is 0 Å². The Morgan fingerprint density at radius 1 is 1.22 bits per heavy atom. The Bertz CT molecular complexity index is 1270. The Morgan fingerprint density at radius 2 is 2.00 bits per heavy atom. The molecule has 0 spiro atoms. The number of aromatic nitrogens is 1. The Morgan fingerprint density at radius 3 is 2.69 bits per heavy atom. The van der Waals surface area contributed by atoms with Crippen LogP contribution in [0.4, 0.5) is 4.39 Å². The van der Waals surface area contributed by atoms with Gasteiger partial charge >= 0.3 is 0 Å². The molecule has 2 aliphatic rings. The van der Waals surface area contributed by atoms with Crippen LogP contribution in [-0.4, -0.2) is 48.6 Å². The molecule has 3 aromatic rings. The smallest absolute Gasteiger partial charge is 0.193 e. The monoisotopic (exact) mass is 490 g/mol. The number of methoxy groups -OCH3 is 1. The van der Waals surface area contributed by atoms with Gasteiger partial charge < -0.3 is 14.0 Å². The molecule has 2 heterocycles. The van der Waals surface area contributed by atoms with Crippen molar-refractivity contribution < 1.29 is 23.2 Å². The van der Waals surface area contributed by atoms with Crippen LogP contribution in [0.1, 0.15) is 60.1 Å². The van der Waals surface area contributed by atoms with Gasteiger partial charge in [0.15, 0.2) is 11.4 Å². The van der Waals surface area contributed by atoms with Crippen molar-refractivity contribution in [1.82, 2.24) is 10.1 Å². The molecule has 5 rings (SSSR count). The average Bonchev–Trinajstić information content (AvgIpc) is 3.35. The Balaban J connectivity index is 1.25. The van der Waals surface area contributed by atoms with E-state index in [1.165, 1.54) is 12.1 Å². The zero-order valence-electron chi connectivity index (χ0n) is 20.7. The lowest BCUT2D eigenvalue weighted by atomic mass is 9.91. The number of nitrogens with zero attached hydrogens (tertiary/aromatic N) is 2. The predicted molar refractivity (Wildman–Crippen MR) is 136 cm³/mol. The summed E-state index contributed by atoms with van der Waals surface area (Å²) in [6.45, 7) is 3.84. The van der Waals surface area contributed by atoms with Crippen LogP contribution < -0.4 is 0 Å². The fourth-order valence-corrected chi connectivity index (χ4v) is 5.27. The number of rotatable bonds is 8. The van der Waals surface area contributed by atoms with Gasteiger partial charge in [0.2, 0.25) is 0 Å². The van der Waals surface area contributed by atoms with E-state index < -0.39 is 5.79 Å². The number of carbonyl (C=O) groups is 1. The Labute approximate surface area is 210 Å². The third kappa shape index (κ3) is 4.91. The van der Waals surface area contributed by atoms with Gasteiger partial charge in [-0.3, -0.25) is 9.69 Å². The molecule has 2 unspecified atom stereocenters. The quantitative estimate of drug-likeness (QED) is 0.281. The lowest BCUT2D eigenvalue weighted by Crippen LogP contribution is -2.48. The van der Waals surface area contributed by atoms with Crippen LogP contribution in [0.5, 0.6) is 0 Å². The summed E-state index contributed by atoms with van der Waals surface area (Å²) < 4.78 is 31.5. The van der Waals surface area contributed by atoms with Crippen LogP contribution in [0, 0.1) is 5.82 Å². The Hall–Kier alpha value is -3.13. The number of fused-ring (bicyclic) bond motifs is 1. The van der Waals surface area contributed by atoms with Crippen molar-refractivity contribution in [2.75, 3.05) is 20.2 Å². The fraction of sp³-hybridized carbons (Fsp3) is 0.379. The van der Waals surface area contributed by atoms with Crippen molar-refractivity contribution in [2.24, 2.45) is 0 Å². The highest BCUT2D eigenvalue weighted by Gasteiger charge is 2.37. The summed E-state index contributed by atoms with van der Waals surface area (Å²) in [4.78, 5) is 13.4. The molecule has 0 amide bonds. The topological polar surface area (TPSA) is 64.8 Å². The van der Waals surface area contributed by atoms with Crippen LogP contribution in [-0.2, 0) is 9.47 Å². The molecule has 188 valence electrons. The van der Waals surface area contributed by atoms with Gasteiger partial charge in [0.25, 0.3) is 0 Å². The SMILES string of the molecule is CCC(OC1(OC)C=CC=C(c2ccc(C=O)cc2)C1)N1CCC(c2noc3cc(F)ccc23)CC1. The van der Waals surface area contributed by atoms with Crippen LogP contribution >= 0.6 is 0 Å². The minimum Gasteiger partial charge on any atom is -0.356 e. The summed E-state index contributed by atoms with van der Waals surface area (Å²) in [7, 11) is 1.68. The lowest BCUT2D eigenvalue weighted by molar-refractivity contribution is -0.246. The first-order valence-electron chi connectivity index (χ1n) is 12.5. The van der Waals surface area contributed by atoms with E-state index in [2.05, 4.69) is 23.1 Å². The number of halogens is 1. The van der Waals surface area contributed by atoms with Crippen LogP contribution in [0.2, 0.25) is 0 Å². The van der Waals surface area contributed by atoms with Crippen molar-refractivity contribution in [3.8, 4) is 0 Å². The molecule has 36 heavy (non-hydrogen) atoms. The fourth-order valence-electron chi connectivity index (χ4n) is 5.27. The minimum absolute atomic E-state index is 0.101. The molecule has 0 N–H and O–H groups in total. The maximum atomic E-state index is 13.5. The molecule has 0 radical (unpaired) electrons. The molecule has 0 bridgehead atoms. The van der Waals surface area contributed by atoms with E-state index in [0.717, 1.165) is 60.9 Å². The number of piperidine rings is 1. The summed E-state index contributed by atoms with van der Waals surface area (Å²) >= 11 is 0. The molecular formula is C29H31FN2O4. The first-order valence-corrected chi connectivity index (χ1v) is 12.5. The van der Waals surface area contributed by atoms with Gasteiger partial charge in [-0.25, -0.2) is 4.39 Å². The molecule has 1 saturated heterocycles. The van der Waals surface area contributed by atoms with E-state index in [4.69, 9.17) is 14.0 Å². The standard InChI is InChI=1S/C29H31FN2O4/c1-3-27(32-15-12-22(13-16-32)28-25-11-10-24(30)17-26(25)36-31-28)35-29(34-2)14-4-5-23(18-29)21-8-6-20(19-33)7-9-21/h4-11,14,17,19,22,27H,3,12-13,15-16,18H2,1-2H3. The highest BCUT2D eigenvalue weighted by atomic mass is 19.1. The maximum Gasteiger partial charge on any atom is 0.193 e. The molecule has 6 nitrogen and oxygen atoms in total. The van der Waals surface area contributed by atoms with E-state index in [1.807, 2.05) is 36.4 Å². The summed E-state index contributed by atoms with van der Waals surface area (Å²) in [6, 6.07) is 12.2. The lowest BCUT2D eigenvalue weighted by Gasteiger charge is -2.42. The minimum atomic E-state index is -0.864. The first-order chi connectivity index (χ1) is 17.5. The van der Waals surface area contributed by atoms with Gasteiger partial charge in [0.1, 0.15) is 18.3 Å². The summed E-state index contributed by atoms with van der Waals surface area (Å²) in [5.74, 6) is -0.916. The second-order valence-electron chi connectivity index (χ2n) is 9.48. The van der Waals surface area contributed by atoms with Gasteiger partial charge in [-0.2, -0.15) is 0 Å². The van der Waals surface area contributed by atoms with Gasteiger partial charge in [-0.1, -0.05) is 48.5 Å². The van der Waals surface area contributed by atoms with E-state index in [0.29, 0.717) is 17.6 Å². The molecule has 1 fully saturated rings. The average molecular weight is 491 g/mol. The van der Waals surface area contributed by atoms with E-state index in [-0.39, 0.29) is 18.0 Å². The highest BCUT2D eigenvalue weighted by Crippen LogP contribution is 2.37. The van der Waals surface area contributed by atoms with Crippen molar-refractivity contribution in [3.05, 3.63) is 83.3 Å². The summed E-state index contributed by atoms with van der Waals surface area (Å²) in [5, 5.41) is 5.16. The highest BCUT2D eigenvalue weighted by molar-refractivity contribution is 5.80. The summed E-state index contributed by atoms with van der Waals surface area (Å²) in [6.07, 6.45) is 10.0. The van der Waals surface area contributed by atoms with Gasteiger partial charge in [0.05, 0.1) is 5.69 Å². The third-order valence-corrected chi connectivity index (χ3v) is 7.32. The van der Waals surface area contributed by atoms with E-state index in [1.54, 1.807) is 13.2 Å². The Kier molecular flexibility index (Phi) is 7.14. The van der Waals surface area contributed by atoms with Crippen molar-refractivity contribution in [2.45, 2.75) is 50.5 Å². The van der Waals surface area contributed by atoms with E-state index in [9.17, 15) is 9.18 Å². The molecular weight excluding hydrogens is 459 g/mol. The second kappa shape index (κ2) is 10.5. The number of benzene rings is 2. The van der Waals surface area contributed by atoms with Crippen LogP contribution in [0.3, 0.4) is 0 Å². The van der Waals surface area contributed by atoms with Crippen molar-refractivity contribution >= 4 is 22.8 Å². The third-order valence-electron chi connectivity index (χ3n) is 7.32. The van der Waals surface area contributed by atoms with Gasteiger partial charge in [-0.15, -0.1) is 0 Å². The number of hydrogen-bond donors (Lipinski definition) is 0. The van der Waals surface area contributed by atoms with Gasteiger partial charge in [-0.05, 0) is 48.6 Å². The largest absolute Gasteiger partial charge is 0.356 e. The molecule has 1 aromatic heterocycles. The molecule has 0 saturated carbocycles. The molecule has 7 heteroatoms. The predicted octanol–water partition coefficient (Wildman–Crippen LogP) is 6.10. The van der Waals surface area contributed by atoms with Gasteiger partial charge in [0, 0.05) is 49.6 Å². The number of likely N-dealkylation sites (tertiary alicyclic amines) is 1. The number of hydrogen-bond acceptors (Lipinski definition) is 6. The normalized spacial score (nSPS) is 22.0. The molecule has 1 aliphatic heterocycles. The number of ether oxygens (including phenoxy) is 2. The van der Waals surface area contributed by atoms with Crippen molar-refractivity contribution in [3.63, 3.8) is 0 Å². The first kappa shape index (κ1) is 24.6. The molecule has 1 aliphatic carbocycles.